The van der Waals surface area contributed by atoms with E-state index in [2.05, 4.69) is 158 Å². The molecule has 12 aromatic rings. The van der Waals surface area contributed by atoms with Gasteiger partial charge in [0.15, 0.2) is 17.5 Å². The lowest BCUT2D eigenvalue weighted by Gasteiger charge is -2.16. The number of hydrogen-bond donors (Lipinski definition) is 0. The first-order chi connectivity index (χ1) is 27.3. The van der Waals surface area contributed by atoms with Crippen LogP contribution in [0.25, 0.3) is 121 Å². The van der Waals surface area contributed by atoms with E-state index >= 15 is 0 Å². The standard InChI is InChI=1S/C51H29N3O/c1-3-15-35-31(13-1)33-17-5-7-20-39(33)47-41(35)22-11-24-43(47)50-52-49(30-27-28-38-37-19-9-10-26-45(37)55-46(38)29-30)53-51(54-50)44-25-12-23-42-36-16-4-2-14-32(36)34-18-6-8-21-40(34)48(42)44/h1-29H. The molecule has 0 bridgehead atoms. The lowest BCUT2D eigenvalue weighted by Crippen LogP contribution is -2.01. The zero-order valence-electron chi connectivity index (χ0n) is 29.5. The second-order valence-corrected chi connectivity index (χ2v) is 14.3. The summed E-state index contributed by atoms with van der Waals surface area (Å²) in [6.45, 7) is 0. The van der Waals surface area contributed by atoms with E-state index in [0.29, 0.717) is 17.5 Å². The Kier molecular flexibility index (Phi) is 6.31. The van der Waals surface area contributed by atoms with Crippen LogP contribution in [0.5, 0.6) is 0 Å². The van der Waals surface area contributed by atoms with Crippen LogP contribution in [-0.2, 0) is 0 Å². The Hall–Kier alpha value is -7.43. The number of hydrogen-bond acceptors (Lipinski definition) is 4. The van der Waals surface area contributed by atoms with E-state index in [4.69, 9.17) is 19.4 Å². The van der Waals surface area contributed by atoms with E-state index in [1.54, 1.807) is 0 Å². The minimum Gasteiger partial charge on any atom is -0.456 e. The Morgan fingerprint density at radius 1 is 0.273 bits per heavy atom. The van der Waals surface area contributed by atoms with Crippen LogP contribution in [0.3, 0.4) is 0 Å². The molecular formula is C51H29N3O. The molecule has 0 N–H and O–H groups in total. The molecule has 0 spiro atoms. The van der Waals surface area contributed by atoms with Gasteiger partial charge in [0.05, 0.1) is 0 Å². The summed E-state index contributed by atoms with van der Waals surface area (Å²) in [4.78, 5) is 16.1. The summed E-state index contributed by atoms with van der Waals surface area (Å²) in [5.74, 6) is 1.84. The third-order valence-electron chi connectivity index (χ3n) is 11.3. The van der Waals surface area contributed by atoms with Crippen LogP contribution >= 0.6 is 0 Å². The summed E-state index contributed by atoms with van der Waals surface area (Å²) >= 11 is 0. The summed E-state index contributed by atoms with van der Waals surface area (Å²) in [6, 6.07) is 62.1. The zero-order chi connectivity index (χ0) is 36.0. The van der Waals surface area contributed by atoms with Crippen molar-refractivity contribution in [1.82, 2.24) is 15.0 Å². The average molecular weight is 700 g/mol. The molecule has 0 atom stereocenters. The third-order valence-corrected chi connectivity index (χ3v) is 11.3. The fraction of sp³-hybridized carbons (Fsp3) is 0. The predicted molar refractivity (Wildman–Crippen MR) is 228 cm³/mol. The molecule has 10 aromatic carbocycles. The van der Waals surface area contributed by atoms with Crippen LogP contribution in [0.4, 0.5) is 0 Å². The fourth-order valence-electron chi connectivity index (χ4n) is 8.90. The van der Waals surface area contributed by atoms with Crippen molar-refractivity contribution in [2.24, 2.45) is 0 Å². The molecule has 0 aliphatic carbocycles. The minimum atomic E-state index is 0.589. The second-order valence-electron chi connectivity index (χ2n) is 14.3. The average Bonchev–Trinajstić information content (AvgIpc) is 3.64. The molecule has 0 fully saturated rings. The van der Waals surface area contributed by atoms with Gasteiger partial charge in [0.2, 0.25) is 0 Å². The lowest BCUT2D eigenvalue weighted by molar-refractivity contribution is 0.669. The van der Waals surface area contributed by atoms with Gasteiger partial charge in [-0.3, -0.25) is 0 Å². The number of rotatable bonds is 3. The summed E-state index contributed by atoms with van der Waals surface area (Å²) in [7, 11) is 0. The topological polar surface area (TPSA) is 51.8 Å². The lowest BCUT2D eigenvalue weighted by atomic mass is 9.91. The smallest absolute Gasteiger partial charge is 0.164 e. The summed E-state index contributed by atoms with van der Waals surface area (Å²) in [5.41, 5.74) is 4.45. The maximum atomic E-state index is 6.37. The van der Waals surface area contributed by atoms with Crippen molar-refractivity contribution < 1.29 is 4.42 Å². The zero-order valence-corrected chi connectivity index (χ0v) is 29.5. The highest BCUT2D eigenvalue weighted by atomic mass is 16.3. The van der Waals surface area contributed by atoms with Gasteiger partial charge in [0.25, 0.3) is 0 Å². The van der Waals surface area contributed by atoms with E-state index < -0.39 is 0 Å². The highest BCUT2D eigenvalue weighted by Crippen LogP contribution is 2.43. The Morgan fingerprint density at radius 2 is 0.636 bits per heavy atom. The first kappa shape index (κ1) is 30.1. The molecule has 2 heterocycles. The number of furan rings is 1. The van der Waals surface area contributed by atoms with Crippen molar-refractivity contribution in [3.8, 4) is 34.2 Å². The molecule has 12 rings (SSSR count). The third kappa shape index (κ3) is 4.43. The van der Waals surface area contributed by atoms with E-state index in [1.165, 1.54) is 53.9 Å². The van der Waals surface area contributed by atoms with Crippen LogP contribution in [0.2, 0.25) is 0 Å². The molecular weight excluding hydrogens is 671 g/mol. The molecule has 0 radical (unpaired) electrons. The van der Waals surface area contributed by atoms with E-state index in [0.717, 1.165) is 49.4 Å². The fourth-order valence-corrected chi connectivity index (χ4v) is 8.90. The number of fused-ring (bicyclic) bond motifs is 15. The Morgan fingerprint density at radius 3 is 1.13 bits per heavy atom. The van der Waals surface area contributed by atoms with Crippen molar-refractivity contribution in [2.45, 2.75) is 0 Å². The van der Waals surface area contributed by atoms with Crippen LogP contribution < -0.4 is 0 Å². The summed E-state index contributed by atoms with van der Waals surface area (Å²) < 4.78 is 6.37. The maximum Gasteiger partial charge on any atom is 0.164 e. The molecule has 4 heteroatoms. The van der Waals surface area contributed by atoms with Crippen molar-refractivity contribution in [1.29, 1.82) is 0 Å². The van der Waals surface area contributed by atoms with Crippen LogP contribution in [-0.4, -0.2) is 15.0 Å². The van der Waals surface area contributed by atoms with Gasteiger partial charge in [-0.1, -0.05) is 158 Å². The largest absolute Gasteiger partial charge is 0.456 e. The van der Waals surface area contributed by atoms with Gasteiger partial charge >= 0.3 is 0 Å². The summed E-state index contributed by atoms with van der Waals surface area (Å²) in [6.07, 6.45) is 0. The first-order valence-corrected chi connectivity index (χ1v) is 18.6. The molecule has 55 heavy (non-hydrogen) atoms. The van der Waals surface area contributed by atoms with Crippen LogP contribution in [0.1, 0.15) is 0 Å². The Labute approximate surface area is 315 Å². The van der Waals surface area contributed by atoms with Crippen LogP contribution in [0, 0.1) is 0 Å². The minimum absolute atomic E-state index is 0.589. The van der Waals surface area contributed by atoms with E-state index in [-0.39, 0.29) is 0 Å². The highest BCUT2D eigenvalue weighted by molar-refractivity contribution is 6.29. The number of aromatic nitrogens is 3. The number of benzene rings is 10. The van der Waals surface area contributed by atoms with Gasteiger partial charge in [0.1, 0.15) is 11.2 Å². The maximum absolute atomic E-state index is 6.37. The van der Waals surface area contributed by atoms with Crippen molar-refractivity contribution >= 4 is 86.6 Å². The first-order valence-electron chi connectivity index (χ1n) is 18.6. The van der Waals surface area contributed by atoms with Gasteiger partial charge in [-0.05, 0) is 72.1 Å². The monoisotopic (exact) mass is 699 g/mol. The van der Waals surface area contributed by atoms with E-state index in [1.807, 2.05) is 18.2 Å². The van der Waals surface area contributed by atoms with Crippen LogP contribution in [0.15, 0.2) is 180 Å². The molecule has 0 unspecified atom stereocenters. The van der Waals surface area contributed by atoms with Gasteiger partial charge in [0, 0.05) is 38.2 Å². The molecule has 4 nitrogen and oxygen atoms in total. The molecule has 0 aliphatic rings. The SMILES string of the molecule is c1ccc2c(c1)oc1cc(-c3nc(-c4cccc5c6ccccc6c6ccccc6c45)nc(-c4cccc5c6ccccc6c6ccccc6c45)n3)ccc12. The molecule has 2 aromatic heterocycles. The van der Waals surface area contributed by atoms with Crippen molar-refractivity contribution in [3.05, 3.63) is 176 Å². The number of para-hydroxylation sites is 1. The van der Waals surface area contributed by atoms with Gasteiger partial charge in [-0.2, -0.15) is 0 Å². The van der Waals surface area contributed by atoms with Gasteiger partial charge in [-0.25, -0.2) is 15.0 Å². The number of nitrogens with zero attached hydrogens (tertiary/aromatic N) is 3. The quantitative estimate of drug-likeness (QED) is 0.172. The summed E-state index contributed by atoms with van der Waals surface area (Å²) in [5, 5.41) is 16.4. The van der Waals surface area contributed by atoms with Gasteiger partial charge < -0.3 is 4.42 Å². The molecule has 0 amide bonds. The Balaban J connectivity index is 1.20. The molecule has 0 aliphatic heterocycles. The van der Waals surface area contributed by atoms with E-state index in [9.17, 15) is 0 Å². The Bertz CT molecular complexity index is 3300. The molecule has 254 valence electrons. The van der Waals surface area contributed by atoms with Crippen molar-refractivity contribution in [3.63, 3.8) is 0 Å². The normalized spacial score (nSPS) is 12.0. The van der Waals surface area contributed by atoms with Gasteiger partial charge in [-0.15, -0.1) is 0 Å². The molecule has 0 saturated carbocycles. The highest BCUT2D eigenvalue weighted by Gasteiger charge is 2.21. The predicted octanol–water partition coefficient (Wildman–Crippen LogP) is 13.7. The van der Waals surface area contributed by atoms with Crippen molar-refractivity contribution in [2.75, 3.05) is 0 Å². The molecule has 0 saturated heterocycles. The second kappa shape index (κ2) is 11.5.